The minimum atomic E-state index is 0. The number of rotatable bonds is 0. The summed E-state index contributed by atoms with van der Waals surface area (Å²) in [7, 11) is 0. The van der Waals surface area contributed by atoms with Crippen molar-refractivity contribution < 1.29 is 0 Å². The van der Waals surface area contributed by atoms with Crippen LogP contribution >= 0.6 is 12.6 Å². The summed E-state index contributed by atoms with van der Waals surface area (Å²) in [5.74, 6) is 0.944. The molecular weight excluding hydrogens is 116 g/mol. The smallest absolute Gasteiger partial charge is 0.0126 e. The van der Waals surface area contributed by atoms with Crippen LogP contribution in [-0.2, 0) is 0 Å². The predicted octanol–water partition coefficient (Wildman–Crippen LogP) is 3.62. The average Bonchev–Trinajstić information content (AvgIpc) is 1.78. The fraction of sp³-hybridized carbons (Fsp3) is 1.00. The fourth-order valence-electron chi connectivity index (χ4n) is 0. The molecule has 0 bridgehead atoms. The first-order valence-electron chi connectivity index (χ1n) is 3.02. The summed E-state index contributed by atoms with van der Waals surface area (Å²) in [6, 6.07) is 0. The molecule has 0 aromatic heterocycles. The zero-order valence-electron chi connectivity index (χ0n) is 6.15. The van der Waals surface area contributed by atoms with E-state index in [9.17, 15) is 0 Å². The largest absolute Gasteiger partial charge is 0.180 e. The van der Waals surface area contributed by atoms with Crippen LogP contribution in [0, 0.1) is 0 Å². The number of hydrogen-bond donors (Lipinski definition) is 1. The van der Waals surface area contributed by atoms with E-state index in [1.54, 1.807) is 0 Å². The van der Waals surface area contributed by atoms with Crippen LogP contribution in [0.25, 0.3) is 0 Å². The van der Waals surface area contributed by atoms with Crippen LogP contribution in [0.4, 0.5) is 0 Å². The van der Waals surface area contributed by atoms with Crippen LogP contribution in [0.3, 0.4) is 0 Å². The predicted molar refractivity (Wildman–Crippen MR) is 49.0 cm³/mol. The standard InChI is InChI=1S/C2H6S.2C2H6.CH4/c1-2-3;2*1-2;/h3H,2H2,1H3;2*1-2H3;1H4. The Morgan fingerprint density at radius 2 is 1.00 bits per heavy atom. The molecule has 0 N–H and O–H groups in total. The van der Waals surface area contributed by atoms with Crippen molar-refractivity contribution in [1.29, 1.82) is 0 Å². The first-order valence-corrected chi connectivity index (χ1v) is 3.66. The summed E-state index contributed by atoms with van der Waals surface area (Å²) in [6.07, 6.45) is 0. The van der Waals surface area contributed by atoms with Crippen molar-refractivity contribution in [3.8, 4) is 0 Å². The summed E-state index contributed by atoms with van der Waals surface area (Å²) in [5.41, 5.74) is 0. The average molecular weight is 138 g/mol. The van der Waals surface area contributed by atoms with Crippen molar-refractivity contribution in [3.63, 3.8) is 0 Å². The molecule has 8 heavy (non-hydrogen) atoms. The zero-order chi connectivity index (χ0) is 6.71. The lowest BCUT2D eigenvalue weighted by Crippen LogP contribution is -1.36. The van der Waals surface area contributed by atoms with Crippen LogP contribution in [0.2, 0.25) is 0 Å². The Bertz CT molecular complexity index is 4.35. The van der Waals surface area contributed by atoms with Gasteiger partial charge in [0.2, 0.25) is 0 Å². The molecule has 0 saturated heterocycles. The third kappa shape index (κ3) is 1480. The maximum atomic E-state index is 3.79. The Hall–Kier alpha value is 0.350. The Balaban J connectivity index is -0.0000000147. The maximum Gasteiger partial charge on any atom is -0.0126 e. The molecule has 0 aromatic carbocycles. The van der Waals surface area contributed by atoms with Crippen LogP contribution in [-0.4, -0.2) is 5.75 Å². The quantitative estimate of drug-likeness (QED) is 0.486. The van der Waals surface area contributed by atoms with E-state index in [1.807, 2.05) is 34.6 Å². The molecule has 56 valence electrons. The van der Waals surface area contributed by atoms with Crippen LogP contribution < -0.4 is 0 Å². The Morgan fingerprint density at radius 3 is 1.00 bits per heavy atom. The molecule has 0 nitrogen and oxygen atoms in total. The van der Waals surface area contributed by atoms with Crippen molar-refractivity contribution in [2.45, 2.75) is 42.0 Å². The molecular formula is C7H22S. The maximum absolute atomic E-state index is 3.79. The Morgan fingerprint density at radius 1 is 1.00 bits per heavy atom. The molecule has 0 aliphatic rings. The van der Waals surface area contributed by atoms with Gasteiger partial charge in [0.15, 0.2) is 0 Å². The number of thiol groups is 1. The minimum absolute atomic E-state index is 0. The second kappa shape index (κ2) is 163. The van der Waals surface area contributed by atoms with E-state index in [0.29, 0.717) is 0 Å². The summed E-state index contributed by atoms with van der Waals surface area (Å²) < 4.78 is 0. The van der Waals surface area contributed by atoms with Gasteiger partial charge in [-0.1, -0.05) is 42.0 Å². The summed E-state index contributed by atoms with van der Waals surface area (Å²) in [5, 5.41) is 0. The monoisotopic (exact) mass is 138 g/mol. The molecule has 0 spiro atoms. The highest BCUT2D eigenvalue weighted by Crippen LogP contribution is 1.58. The van der Waals surface area contributed by atoms with Gasteiger partial charge in [0.05, 0.1) is 0 Å². The van der Waals surface area contributed by atoms with Crippen LogP contribution in [0.5, 0.6) is 0 Å². The van der Waals surface area contributed by atoms with Gasteiger partial charge in [-0.3, -0.25) is 0 Å². The third-order valence-electron chi connectivity index (χ3n) is 0. The normalized spacial score (nSPS) is 3.75. The van der Waals surface area contributed by atoms with Crippen molar-refractivity contribution in [2.75, 3.05) is 5.75 Å². The SMILES string of the molecule is C.CC.CC.CCS. The van der Waals surface area contributed by atoms with Gasteiger partial charge in [0.1, 0.15) is 0 Å². The molecule has 0 heterocycles. The van der Waals surface area contributed by atoms with Gasteiger partial charge in [0, 0.05) is 0 Å². The molecule has 0 aromatic rings. The van der Waals surface area contributed by atoms with E-state index < -0.39 is 0 Å². The second-order valence-electron chi connectivity index (χ2n) is 0.316. The molecule has 0 atom stereocenters. The second-order valence-corrected chi connectivity index (χ2v) is 0.949. The highest BCUT2D eigenvalue weighted by molar-refractivity contribution is 7.80. The van der Waals surface area contributed by atoms with Crippen molar-refractivity contribution in [3.05, 3.63) is 0 Å². The molecule has 0 radical (unpaired) electrons. The molecule has 0 amide bonds. The third-order valence-corrected chi connectivity index (χ3v) is 0. The summed E-state index contributed by atoms with van der Waals surface area (Å²) >= 11 is 3.79. The Kier molecular flexibility index (Phi) is 485. The number of hydrogen-bond acceptors (Lipinski definition) is 1. The Labute approximate surface area is 61.1 Å². The summed E-state index contributed by atoms with van der Waals surface area (Å²) in [6.45, 7) is 9.99. The topological polar surface area (TPSA) is 0 Å². The molecule has 0 saturated carbocycles. The van der Waals surface area contributed by atoms with Gasteiger partial charge in [0.25, 0.3) is 0 Å². The molecule has 1 heteroatoms. The minimum Gasteiger partial charge on any atom is -0.180 e. The first-order chi connectivity index (χ1) is 3.41. The lowest BCUT2D eigenvalue weighted by molar-refractivity contribution is 1.50. The van der Waals surface area contributed by atoms with Crippen molar-refractivity contribution in [2.24, 2.45) is 0 Å². The molecule has 0 rings (SSSR count). The van der Waals surface area contributed by atoms with Crippen molar-refractivity contribution in [1.82, 2.24) is 0 Å². The lowest BCUT2D eigenvalue weighted by Gasteiger charge is -1.48. The van der Waals surface area contributed by atoms with Crippen molar-refractivity contribution >= 4 is 12.6 Å². The highest BCUT2D eigenvalue weighted by atomic mass is 32.1. The van der Waals surface area contributed by atoms with E-state index in [2.05, 4.69) is 12.6 Å². The van der Waals surface area contributed by atoms with E-state index in [0.717, 1.165) is 5.75 Å². The van der Waals surface area contributed by atoms with E-state index in [1.165, 1.54) is 0 Å². The van der Waals surface area contributed by atoms with Crippen LogP contribution in [0.1, 0.15) is 42.0 Å². The van der Waals surface area contributed by atoms with Gasteiger partial charge < -0.3 is 0 Å². The molecule has 0 aliphatic carbocycles. The van der Waals surface area contributed by atoms with Gasteiger partial charge >= 0.3 is 0 Å². The molecule has 0 aliphatic heterocycles. The van der Waals surface area contributed by atoms with E-state index in [4.69, 9.17) is 0 Å². The molecule has 0 fully saturated rings. The van der Waals surface area contributed by atoms with Crippen LogP contribution in [0.15, 0.2) is 0 Å². The lowest BCUT2D eigenvalue weighted by atomic mass is 11.0. The summed E-state index contributed by atoms with van der Waals surface area (Å²) in [4.78, 5) is 0. The van der Waals surface area contributed by atoms with Gasteiger partial charge in [-0.15, -0.1) is 0 Å². The zero-order valence-corrected chi connectivity index (χ0v) is 7.05. The highest BCUT2D eigenvalue weighted by Gasteiger charge is 1.35. The van der Waals surface area contributed by atoms with Gasteiger partial charge in [-0.2, -0.15) is 12.6 Å². The van der Waals surface area contributed by atoms with E-state index in [-0.39, 0.29) is 7.43 Å². The first kappa shape index (κ1) is 23.8. The molecule has 0 unspecified atom stereocenters. The van der Waals surface area contributed by atoms with Gasteiger partial charge in [-0.05, 0) is 5.75 Å². The van der Waals surface area contributed by atoms with E-state index >= 15 is 0 Å². The fourth-order valence-corrected chi connectivity index (χ4v) is 0. The van der Waals surface area contributed by atoms with Gasteiger partial charge in [-0.25, -0.2) is 0 Å².